The summed E-state index contributed by atoms with van der Waals surface area (Å²) in [6.07, 6.45) is 1.88. The topological polar surface area (TPSA) is 92.8 Å². The summed E-state index contributed by atoms with van der Waals surface area (Å²) in [5.74, 6) is -0.744. The van der Waals surface area contributed by atoms with E-state index in [2.05, 4.69) is 10.1 Å². The highest BCUT2D eigenvalue weighted by Crippen LogP contribution is 2.11. The molecule has 0 unspecified atom stereocenters. The van der Waals surface area contributed by atoms with Crippen molar-refractivity contribution in [2.75, 3.05) is 31.8 Å². The normalized spacial score (nSPS) is 11.3. The molecule has 1 amide bonds. The van der Waals surface area contributed by atoms with Crippen molar-refractivity contribution in [1.29, 1.82) is 0 Å². The predicted molar refractivity (Wildman–Crippen MR) is 87.7 cm³/mol. The first-order chi connectivity index (χ1) is 10.8. The van der Waals surface area contributed by atoms with E-state index in [1.54, 1.807) is 24.3 Å². The zero-order chi connectivity index (χ0) is 17.5. The lowest BCUT2D eigenvalue weighted by molar-refractivity contribution is -0.116. The Kier molecular flexibility index (Phi) is 7.18. The van der Waals surface area contributed by atoms with Gasteiger partial charge in [-0.1, -0.05) is 6.92 Å². The van der Waals surface area contributed by atoms with Crippen LogP contribution < -0.4 is 5.32 Å². The van der Waals surface area contributed by atoms with E-state index in [0.717, 1.165) is 6.26 Å². The molecule has 0 aliphatic carbocycles. The van der Waals surface area contributed by atoms with Gasteiger partial charge in [0, 0.05) is 25.2 Å². The van der Waals surface area contributed by atoms with E-state index in [9.17, 15) is 18.0 Å². The van der Waals surface area contributed by atoms with Crippen molar-refractivity contribution in [2.45, 2.75) is 19.8 Å². The van der Waals surface area contributed by atoms with Crippen molar-refractivity contribution in [2.24, 2.45) is 0 Å². The summed E-state index contributed by atoms with van der Waals surface area (Å²) in [7, 11) is -2.02. The molecule has 0 aromatic heterocycles. The monoisotopic (exact) mass is 342 g/mol. The molecule has 0 saturated heterocycles. The zero-order valence-corrected chi connectivity index (χ0v) is 14.4. The Morgan fingerprint density at radius 2 is 1.78 bits per heavy atom. The number of nitrogens with zero attached hydrogens (tertiary/aromatic N) is 1. The fraction of sp³-hybridized carbons (Fsp3) is 0.467. The number of nitrogens with one attached hydrogen (secondary N) is 1. The van der Waals surface area contributed by atoms with E-state index in [4.69, 9.17) is 0 Å². The van der Waals surface area contributed by atoms with Crippen LogP contribution in [0.25, 0.3) is 0 Å². The summed E-state index contributed by atoms with van der Waals surface area (Å²) >= 11 is 0. The number of rotatable bonds is 8. The van der Waals surface area contributed by atoms with Crippen molar-refractivity contribution in [3.63, 3.8) is 0 Å². The van der Waals surface area contributed by atoms with E-state index < -0.39 is 16.0 Å². The molecular weight excluding hydrogens is 320 g/mol. The molecule has 23 heavy (non-hydrogen) atoms. The van der Waals surface area contributed by atoms with E-state index in [0.29, 0.717) is 24.2 Å². The van der Waals surface area contributed by atoms with E-state index in [-0.39, 0.29) is 18.9 Å². The van der Waals surface area contributed by atoms with Crippen LogP contribution in [0.5, 0.6) is 0 Å². The molecule has 128 valence electrons. The van der Waals surface area contributed by atoms with Gasteiger partial charge >= 0.3 is 5.97 Å². The van der Waals surface area contributed by atoms with Gasteiger partial charge in [0.15, 0.2) is 0 Å². The number of amides is 1. The Morgan fingerprint density at radius 3 is 2.26 bits per heavy atom. The maximum Gasteiger partial charge on any atom is 0.337 e. The number of carbonyl (C=O) groups is 2. The molecule has 0 fully saturated rings. The van der Waals surface area contributed by atoms with Gasteiger partial charge in [0.05, 0.1) is 18.9 Å². The van der Waals surface area contributed by atoms with Gasteiger partial charge in [-0.2, -0.15) is 0 Å². The van der Waals surface area contributed by atoms with Crippen LogP contribution in [0.2, 0.25) is 0 Å². The second-order valence-corrected chi connectivity index (χ2v) is 7.01. The Morgan fingerprint density at radius 1 is 1.17 bits per heavy atom. The summed E-state index contributed by atoms with van der Waals surface area (Å²) in [4.78, 5) is 23.2. The van der Waals surface area contributed by atoms with Crippen molar-refractivity contribution in [1.82, 2.24) is 4.31 Å². The summed E-state index contributed by atoms with van der Waals surface area (Å²) in [5.41, 5.74) is 0.917. The lowest BCUT2D eigenvalue weighted by Gasteiger charge is -2.18. The van der Waals surface area contributed by atoms with Crippen LogP contribution in [-0.4, -0.2) is 51.1 Å². The smallest absolute Gasteiger partial charge is 0.337 e. The van der Waals surface area contributed by atoms with Crippen LogP contribution in [0.4, 0.5) is 5.69 Å². The maximum atomic E-state index is 11.9. The van der Waals surface area contributed by atoms with Gasteiger partial charge in [0.2, 0.25) is 15.9 Å². The molecule has 0 heterocycles. The average Bonchev–Trinajstić information content (AvgIpc) is 2.50. The summed E-state index contributed by atoms with van der Waals surface area (Å²) < 4.78 is 29.0. The number of esters is 1. The highest BCUT2D eigenvalue weighted by Gasteiger charge is 2.16. The van der Waals surface area contributed by atoms with Crippen LogP contribution in [0.3, 0.4) is 0 Å². The molecule has 0 atom stereocenters. The fourth-order valence-corrected chi connectivity index (χ4v) is 2.89. The van der Waals surface area contributed by atoms with Crippen LogP contribution in [0.1, 0.15) is 30.1 Å². The molecule has 1 rings (SSSR count). The van der Waals surface area contributed by atoms with E-state index >= 15 is 0 Å². The summed E-state index contributed by atoms with van der Waals surface area (Å²) in [6.45, 7) is 2.40. The largest absolute Gasteiger partial charge is 0.465 e. The molecule has 1 N–H and O–H groups in total. The minimum absolute atomic E-state index is 0.0613. The lowest BCUT2D eigenvalue weighted by Crippen LogP contribution is -2.33. The number of hydrogen-bond acceptors (Lipinski definition) is 5. The van der Waals surface area contributed by atoms with Crippen molar-refractivity contribution in [3.8, 4) is 0 Å². The van der Waals surface area contributed by atoms with Gasteiger partial charge in [-0.05, 0) is 30.7 Å². The van der Waals surface area contributed by atoms with Crippen LogP contribution >= 0.6 is 0 Å². The molecule has 1 aromatic carbocycles. The Hall–Kier alpha value is -1.93. The third kappa shape index (κ3) is 6.37. The second kappa shape index (κ2) is 8.64. The SMILES string of the molecule is CCCN(CCC(=O)Nc1ccc(C(=O)OC)cc1)S(C)(=O)=O. The number of anilines is 1. The Bertz CT molecular complexity index is 640. The molecule has 0 aliphatic rings. The molecule has 0 bridgehead atoms. The van der Waals surface area contributed by atoms with E-state index in [1.807, 2.05) is 6.92 Å². The number of sulfonamides is 1. The molecule has 0 radical (unpaired) electrons. The first-order valence-corrected chi connectivity index (χ1v) is 9.06. The highest BCUT2D eigenvalue weighted by atomic mass is 32.2. The van der Waals surface area contributed by atoms with Gasteiger partial charge in [-0.25, -0.2) is 17.5 Å². The van der Waals surface area contributed by atoms with Crippen molar-refractivity contribution < 1.29 is 22.7 Å². The quantitative estimate of drug-likeness (QED) is 0.722. The lowest BCUT2D eigenvalue weighted by atomic mass is 10.2. The maximum absolute atomic E-state index is 11.9. The van der Waals surface area contributed by atoms with Gasteiger partial charge in [-0.3, -0.25) is 4.79 Å². The van der Waals surface area contributed by atoms with Gasteiger partial charge in [0.25, 0.3) is 0 Å². The van der Waals surface area contributed by atoms with Crippen molar-refractivity contribution >= 4 is 27.6 Å². The van der Waals surface area contributed by atoms with Gasteiger partial charge in [0.1, 0.15) is 0 Å². The minimum Gasteiger partial charge on any atom is -0.465 e. The Balaban J connectivity index is 2.58. The predicted octanol–water partition coefficient (Wildman–Crippen LogP) is 1.47. The number of hydrogen-bond donors (Lipinski definition) is 1. The molecule has 0 aliphatic heterocycles. The standard InChI is InChI=1S/C15H22N2O5S/c1-4-10-17(23(3,20)21)11-9-14(18)16-13-7-5-12(6-8-13)15(19)22-2/h5-8H,4,9-11H2,1-3H3,(H,16,18). The fourth-order valence-electron chi connectivity index (χ4n) is 1.95. The molecule has 8 heteroatoms. The van der Waals surface area contributed by atoms with Gasteiger partial charge < -0.3 is 10.1 Å². The first kappa shape index (κ1) is 19.1. The summed E-state index contributed by atoms with van der Waals surface area (Å²) in [6, 6.07) is 6.26. The minimum atomic E-state index is -3.31. The number of ether oxygens (including phenoxy) is 1. The molecule has 1 aromatic rings. The highest BCUT2D eigenvalue weighted by molar-refractivity contribution is 7.88. The second-order valence-electron chi connectivity index (χ2n) is 5.03. The molecule has 0 spiro atoms. The van der Waals surface area contributed by atoms with Crippen LogP contribution in [0, 0.1) is 0 Å². The van der Waals surface area contributed by atoms with Gasteiger partial charge in [-0.15, -0.1) is 0 Å². The zero-order valence-electron chi connectivity index (χ0n) is 13.5. The van der Waals surface area contributed by atoms with Crippen LogP contribution in [-0.2, 0) is 19.6 Å². The molecule has 0 saturated carbocycles. The first-order valence-electron chi connectivity index (χ1n) is 7.21. The Labute approximate surface area is 136 Å². The number of benzene rings is 1. The number of carbonyl (C=O) groups excluding carboxylic acids is 2. The summed E-state index contributed by atoms with van der Waals surface area (Å²) in [5, 5.41) is 2.66. The average molecular weight is 342 g/mol. The third-order valence-electron chi connectivity index (χ3n) is 3.12. The van der Waals surface area contributed by atoms with E-state index in [1.165, 1.54) is 11.4 Å². The molecular formula is C15H22N2O5S. The molecule has 7 nitrogen and oxygen atoms in total. The van der Waals surface area contributed by atoms with Crippen LogP contribution in [0.15, 0.2) is 24.3 Å². The van der Waals surface area contributed by atoms with Crippen molar-refractivity contribution in [3.05, 3.63) is 29.8 Å². The number of methoxy groups -OCH3 is 1. The third-order valence-corrected chi connectivity index (χ3v) is 4.42.